The smallest absolute Gasteiger partial charge is 0.378 e. The van der Waals surface area contributed by atoms with Crippen molar-refractivity contribution in [1.29, 1.82) is 0 Å². The van der Waals surface area contributed by atoms with Gasteiger partial charge in [-0.2, -0.15) is 13.2 Å². The van der Waals surface area contributed by atoms with Gasteiger partial charge in [0.2, 0.25) is 0 Å². The fourth-order valence-corrected chi connectivity index (χ4v) is 3.07. The molecule has 26 heavy (non-hydrogen) atoms. The van der Waals surface area contributed by atoms with E-state index < -0.39 is 23.8 Å². The molecule has 0 spiro atoms. The number of carbonyl (C=O) groups excluding carboxylic acids is 1. The number of halogens is 3. The Bertz CT molecular complexity index is 572. The van der Waals surface area contributed by atoms with E-state index in [4.69, 9.17) is 4.74 Å². The van der Waals surface area contributed by atoms with E-state index >= 15 is 0 Å². The lowest BCUT2D eigenvalue weighted by molar-refractivity contribution is -0.137. The molecule has 1 atom stereocenters. The van der Waals surface area contributed by atoms with Crippen LogP contribution in [0.1, 0.15) is 62.6 Å². The molecular weight excluding hydrogens is 345 g/mol. The number of hydrogen-bond donors (Lipinski definition) is 2. The molecule has 1 unspecified atom stereocenters. The minimum absolute atomic E-state index is 0.346. The molecule has 0 aliphatic heterocycles. The van der Waals surface area contributed by atoms with E-state index in [2.05, 4.69) is 10.6 Å². The van der Waals surface area contributed by atoms with E-state index in [-0.39, 0.29) is 0 Å². The molecule has 0 radical (unpaired) electrons. The van der Waals surface area contributed by atoms with Crippen molar-refractivity contribution in [3.8, 4) is 0 Å². The maximum absolute atomic E-state index is 12.8. The molecule has 1 aliphatic carbocycles. The van der Waals surface area contributed by atoms with E-state index in [1.807, 2.05) is 0 Å². The molecule has 7 heteroatoms. The summed E-state index contributed by atoms with van der Waals surface area (Å²) >= 11 is 0. The van der Waals surface area contributed by atoms with Gasteiger partial charge in [-0.05, 0) is 43.9 Å². The van der Waals surface area contributed by atoms with Crippen molar-refractivity contribution in [1.82, 2.24) is 10.6 Å². The van der Waals surface area contributed by atoms with Crippen molar-refractivity contribution in [2.75, 3.05) is 13.2 Å². The second kappa shape index (κ2) is 9.80. The van der Waals surface area contributed by atoms with Crippen LogP contribution in [-0.2, 0) is 10.9 Å². The number of ether oxygens (including phenoxy) is 1. The molecule has 2 N–H and O–H groups in total. The summed E-state index contributed by atoms with van der Waals surface area (Å²) in [5.74, 6) is 0. The standard InChI is InChI=1S/C19H27F3N2O2/c1-14(15-7-5-8-16(13-15)19(20,21)22)24-18(25)23-11-6-12-26-17-9-3-2-4-10-17/h5,7-8,13-14,17H,2-4,6,9-12H2,1H3,(H2,23,24,25). The van der Waals surface area contributed by atoms with Crippen LogP contribution >= 0.6 is 0 Å². The van der Waals surface area contributed by atoms with Crippen LogP contribution in [0.5, 0.6) is 0 Å². The van der Waals surface area contributed by atoms with Crippen molar-refractivity contribution < 1.29 is 22.7 Å². The van der Waals surface area contributed by atoms with Gasteiger partial charge in [0, 0.05) is 13.2 Å². The van der Waals surface area contributed by atoms with Crippen LogP contribution in [0.25, 0.3) is 0 Å². The van der Waals surface area contributed by atoms with E-state index in [0.29, 0.717) is 31.2 Å². The minimum atomic E-state index is -4.39. The maximum Gasteiger partial charge on any atom is 0.416 e. The van der Waals surface area contributed by atoms with Crippen molar-refractivity contribution in [3.05, 3.63) is 35.4 Å². The molecule has 0 saturated heterocycles. The van der Waals surface area contributed by atoms with Crippen molar-refractivity contribution in [2.45, 2.75) is 63.8 Å². The number of urea groups is 1. The first-order chi connectivity index (χ1) is 12.4. The van der Waals surface area contributed by atoms with Gasteiger partial charge in [-0.1, -0.05) is 31.4 Å². The van der Waals surface area contributed by atoms with Gasteiger partial charge in [-0.15, -0.1) is 0 Å². The first kappa shape index (κ1) is 20.6. The monoisotopic (exact) mass is 372 g/mol. The highest BCUT2D eigenvalue weighted by atomic mass is 19.4. The minimum Gasteiger partial charge on any atom is -0.378 e. The Kier molecular flexibility index (Phi) is 7.75. The summed E-state index contributed by atoms with van der Waals surface area (Å²) in [6, 6.07) is 4.07. The molecule has 146 valence electrons. The average Bonchev–Trinajstić information content (AvgIpc) is 2.61. The molecule has 4 nitrogen and oxygen atoms in total. The van der Waals surface area contributed by atoms with Gasteiger partial charge in [0.1, 0.15) is 0 Å². The molecule has 0 bridgehead atoms. The lowest BCUT2D eigenvalue weighted by Gasteiger charge is -2.22. The Morgan fingerprint density at radius 1 is 1.27 bits per heavy atom. The van der Waals surface area contributed by atoms with Crippen LogP contribution < -0.4 is 10.6 Å². The van der Waals surface area contributed by atoms with Gasteiger partial charge >= 0.3 is 12.2 Å². The van der Waals surface area contributed by atoms with Crippen molar-refractivity contribution in [3.63, 3.8) is 0 Å². The summed E-state index contributed by atoms with van der Waals surface area (Å²) in [4.78, 5) is 11.9. The molecular formula is C19H27F3N2O2. The third kappa shape index (κ3) is 6.86. The highest BCUT2D eigenvalue weighted by molar-refractivity contribution is 5.74. The number of nitrogens with one attached hydrogen (secondary N) is 2. The fourth-order valence-electron chi connectivity index (χ4n) is 3.07. The summed E-state index contributed by atoms with van der Waals surface area (Å²) in [6.45, 7) is 2.73. The van der Waals surface area contributed by atoms with Gasteiger partial charge in [0.15, 0.2) is 0 Å². The predicted molar refractivity (Wildman–Crippen MR) is 93.8 cm³/mol. The number of carbonyl (C=O) groups is 1. The third-order valence-corrected chi connectivity index (χ3v) is 4.57. The number of hydrogen-bond acceptors (Lipinski definition) is 2. The average molecular weight is 372 g/mol. The second-order valence-corrected chi connectivity index (χ2v) is 6.73. The second-order valence-electron chi connectivity index (χ2n) is 6.73. The summed E-state index contributed by atoms with van der Waals surface area (Å²) in [7, 11) is 0. The van der Waals surface area contributed by atoms with Crippen LogP contribution in [0, 0.1) is 0 Å². The predicted octanol–water partition coefficient (Wildman–Crippen LogP) is 4.81. The Labute approximate surface area is 152 Å². The third-order valence-electron chi connectivity index (χ3n) is 4.57. The molecule has 0 heterocycles. The number of benzene rings is 1. The van der Waals surface area contributed by atoms with E-state index in [9.17, 15) is 18.0 Å². The van der Waals surface area contributed by atoms with Crippen LogP contribution in [0.2, 0.25) is 0 Å². The first-order valence-corrected chi connectivity index (χ1v) is 9.19. The highest BCUT2D eigenvalue weighted by Gasteiger charge is 2.30. The molecule has 2 amide bonds. The number of alkyl halides is 3. The zero-order valence-electron chi connectivity index (χ0n) is 15.1. The van der Waals surface area contributed by atoms with E-state index in [0.717, 1.165) is 25.0 Å². The Hall–Kier alpha value is -1.76. The van der Waals surface area contributed by atoms with Crippen LogP contribution in [0.4, 0.5) is 18.0 Å². The molecule has 1 aromatic rings. The van der Waals surface area contributed by atoms with Crippen LogP contribution in [0.3, 0.4) is 0 Å². The summed E-state index contributed by atoms with van der Waals surface area (Å²) in [5.41, 5.74) is -0.306. The fraction of sp³-hybridized carbons (Fsp3) is 0.632. The molecule has 1 fully saturated rings. The zero-order chi connectivity index (χ0) is 19.0. The highest BCUT2D eigenvalue weighted by Crippen LogP contribution is 2.30. The Morgan fingerprint density at radius 3 is 2.69 bits per heavy atom. The maximum atomic E-state index is 12.8. The lowest BCUT2D eigenvalue weighted by Crippen LogP contribution is -2.38. The van der Waals surface area contributed by atoms with Gasteiger partial charge in [0.05, 0.1) is 17.7 Å². The van der Waals surface area contributed by atoms with Crippen molar-refractivity contribution >= 4 is 6.03 Å². The lowest BCUT2D eigenvalue weighted by atomic mass is 9.98. The Balaban J connectivity index is 1.67. The van der Waals surface area contributed by atoms with Gasteiger partial charge < -0.3 is 15.4 Å². The molecule has 1 aliphatic rings. The normalized spacial score (nSPS) is 16.9. The summed E-state index contributed by atoms with van der Waals surface area (Å²) in [6.07, 6.45) is 2.62. The molecule has 1 aromatic carbocycles. The van der Waals surface area contributed by atoms with E-state index in [1.54, 1.807) is 13.0 Å². The number of rotatable bonds is 7. The summed E-state index contributed by atoms with van der Waals surface area (Å²) in [5, 5.41) is 5.37. The van der Waals surface area contributed by atoms with Gasteiger partial charge in [-0.25, -0.2) is 4.79 Å². The topological polar surface area (TPSA) is 50.4 Å². The van der Waals surface area contributed by atoms with Crippen LogP contribution in [0.15, 0.2) is 24.3 Å². The summed E-state index contributed by atoms with van der Waals surface area (Å²) < 4.78 is 44.0. The van der Waals surface area contributed by atoms with E-state index in [1.165, 1.54) is 25.3 Å². The zero-order valence-corrected chi connectivity index (χ0v) is 15.1. The quantitative estimate of drug-likeness (QED) is 0.675. The molecule has 2 rings (SSSR count). The van der Waals surface area contributed by atoms with Crippen LogP contribution in [-0.4, -0.2) is 25.3 Å². The SMILES string of the molecule is CC(NC(=O)NCCCOC1CCCCC1)c1cccc(C(F)(F)F)c1. The van der Waals surface area contributed by atoms with Gasteiger partial charge in [-0.3, -0.25) is 0 Å². The largest absolute Gasteiger partial charge is 0.416 e. The first-order valence-electron chi connectivity index (χ1n) is 9.19. The van der Waals surface area contributed by atoms with Crippen molar-refractivity contribution in [2.24, 2.45) is 0 Å². The Morgan fingerprint density at radius 2 is 2.00 bits per heavy atom. The molecule has 1 saturated carbocycles. The molecule has 0 aromatic heterocycles. The number of amides is 2. The van der Waals surface area contributed by atoms with Gasteiger partial charge in [0.25, 0.3) is 0 Å².